The van der Waals surface area contributed by atoms with Crippen molar-refractivity contribution in [3.8, 4) is 0 Å². The van der Waals surface area contributed by atoms with Gasteiger partial charge < -0.3 is 37.0 Å². The summed E-state index contributed by atoms with van der Waals surface area (Å²) in [7, 11) is 0. The summed E-state index contributed by atoms with van der Waals surface area (Å²) in [4.78, 5) is 47.5. The highest BCUT2D eigenvalue weighted by Crippen LogP contribution is 2.10. The fourth-order valence-electron chi connectivity index (χ4n) is 2.21. The number of hydrogen-bond donors (Lipinski definition) is 7. The summed E-state index contributed by atoms with van der Waals surface area (Å²) in [6.07, 6.45) is -2.14. The fourth-order valence-corrected chi connectivity index (χ4v) is 2.21. The lowest BCUT2D eigenvalue weighted by Gasteiger charge is -2.28. The van der Waals surface area contributed by atoms with Crippen LogP contribution in [0.15, 0.2) is 0 Å². The lowest BCUT2D eigenvalue weighted by molar-refractivity contribution is -0.145. The number of aliphatic hydroxyl groups excluding tert-OH is 2. The van der Waals surface area contributed by atoms with Gasteiger partial charge in [0.05, 0.1) is 18.8 Å². The number of carbonyl (C=O) groups excluding carboxylic acids is 3. The third-order valence-corrected chi connectivity index (χ3v) is 4.11. The molecule has 0 aliphatic heterocycles. The molecule has 0 fully saturated rings. The van der Waals surface area contributed by atoms with Gasteiger partial charge in [-0.2, -0.15) is 0 Å². The second kappa shape index (κ2) is 11.5. The number of carboxylic acid groups (broad SMARTS) is 1. The molecular weight excluding hydrogens is 360 g/mol. The SMILES string of the molecule is CCC(C)C(NC(=O)C(NC(=O)CN)C(C)O)C(=O)NC(C(=O)O)C(C)O. The van der Waals surface area contributed by atoms with Crippen molar-refractivity contribution in [2.24, 2.45) is 11.7 Å². The fraction of sp³-hybridized carbons (Fsp3) is 0.750. The van der Waals surface area contributed by atoms with Crippen LogP contribution in [0, 0.1) is 5.92 Å². The summed E-state index contributed by atoms with van der Waals surface area (Å²) in [6.45, 7) is 5.54. The monoisotopic (exact) mass is 390 g/mol. The smallest absolute Gasteiger partial charge is 0.328 e. The van der Waals surface area contributed by atoms with Crippen LogP contribution in [0.3, 0.4) is 0 Å². The Morgan fingerprint density at radius 1 is 0.852 bits per heavy atom. The van der Waals surface area contributed by atoms with E-state index in [0.29, 0.717) is 6.42 Å². The molecule has 0 bridgehead atoms. The van der Waals surface area contributed by atoms with Crippen molar-refractivity contribution in [1.29, 1.82) is 0 Å². The topological polar surface area (TPSA) is 191 Å². The average molecular weight is 390 g/mol. The molecule has 6 atom stereocenters. The van der Waals surface area contributed by atoms with Crippen molar-refractivity contribution in [3.63, 3.8) is 0 Å². The number of aliphatic hydroxyl groups is 2. The maximum atomic E-state index is 12.5. The molecule has 0 radical (unpaired) electrons. The van der Waals surface area contributed by atoms with Crippen molar-refractivity contribution in [2.75, 3.05) is 6.54 Å². The molecule has 11 heteroatoms. The van der Waals surface area contributed by atoms with Crippen LogP contribution in [0.25, 0.3) is 0 Å². The molecule has 0 spiro atoms. The zero-order chi connectivity index (χ0) is 21.3. The first-order valence-electron chi connectivity index (χ1n) is 8.65. The molecule has 0 rings (SSSR count). The van der Waals surface area contributed by atoms with Gasteiger partial charge in [-0.05, 0) is 19.8 Å². The Labute approximate surface area is 157 Å². The van der Waals surface area contributed by atoms with Crippen LogP contribution >= 0.6 is 0 Å². The van der Waals surface area contributed by atoms with E-state index in [1.807, 2.05) is 0 Å². The number of nitrogens with two attached hydrogens (primary N) is 1. The third kappa shape index (κ3) is 7.89. The number of nitrogens with one attached hydrogen (secondary N) is 3. The van der Waals surface area contributed by atoms with Crippen molar-refractivity contribution in [2.45, 2.75) is 64.4 Å². The number of hydrogen-bond acceptors (Lipinski definition) is 7. The van der Waals surface area contributed by atoms with Crippen molar-refractivity contribution >= 4 is 23.7 Å². The summed E-state index contributed by atoms with van der Waals surface area (Å²) in [5, 5.41) is 35.2. The van der Waals surface area contributed by atoms with Gasteiger partial charge in [0, 0.05) is 0 Å². The van der Waals surface area contributed by atoms with Crippen LogP contribution in [-0.4, -0.2) is 75.9 Å². The molecule has 6 unspecified atom stereocenters. The Morgan fingerprint density at radius 2 is 1.30 bits per heavy atom. The van der Waals surface area contributed by atoms with Crippen LogP contribution in [0.2, 0.25) is 0 Å². The minimum absolute atomic E-state index is 0.388. The minimum Gasteiger partial charge on any atom is -0.480 e. The number of rotatable bonds is 11. The predicted octanol–water partition coefficient (Wildman–Crippen LogP) is -2.71. The molecule has 0 aromatic carbocycles. The van der Waals surface area contributed by atoms with Gasteiger partial charge >= 0.3 is 5.97 Å². The molecule has 0 aromatic rings. The van der Waals surface area contributed by atoms with Crippen LogP contribution in [0.4, 0.5) is 0 Å². The van der Waals surface area contributed by atoms with E-state index < -0.39 is 59.9 Å². The Hall–Kier alpha value is -2.24. The Bertz CT molecular complexity index is 539. The molecular formula is C16H30N4O7. The largest absolute Gasteiger partial charge is 0.480 e. The second-order valence-electron chi connectivity index (χ2n) is 6.43. The molecule has 0 saturated carbocycles. The zero-order valence-corrected chi connectivity index (χ0v) is 15.9. The highest BCUT2D eigenvalue weighted by Gasteiger charge is 2.34. The van der Waals surface area contributed by atoms with Gasteiger partial charge in [0.25, 0.3) is 0 Å². The van der Waals surface area contributed by atoms with Crippen molar-refractivity contribution in [3.05, 3.63) is 0 Å². The molecule has 0 aliphatic carbocycles. The van der Waals surface area contributed by atoms with Gasteiger partial charge in [-0.15, -0.1) is 0 Å². The Morgan fingerprint density at radius 3 is 1.67 bits per heavy atom. The lowest BCUT2D eigenvalue weighted by Crippen LogP contribution is -2.61. The number of amides is 3. The molecule has 3 amide bonds. The minimum atomic E-state index is -1.55. The first-order valence-corrected chi connectivity index (χ1v) is 8.65. The first kappa shape index (κ1) is 24.8. The van der Waals surface area contributed by atoms with Gasteiger partial charge in [-0.25, -0.2) is 4.79 Å². The molecule has 27 heavy (non-hydrogen) atoms. The van der Waals surface area contributed by atoms with E-state index in [1.165, 1.54) is 13.8 Å². The highest BCUT2D eigenvalue weighted by molar-refractivity contribution is 5.94. The van der Waals surface area contributed by atoms with Gasteiger partial charge in [0.2, 0.25) is 17.7 Å². The van der Waals surface area contributed by atoms with E-state index >= 15 is 0 Å². The zero-order valence-electron chi connectivity index (χ0n) is 15.9. The third-order valence-electron chi connectivity index (χ3n) is 4.11. The predicted molar refractivity (Wildman–Crippen MR) is 95.3 cm³/mol. The summed E-state index contributed by atoms with van der Waals surface area (Å²) in [5.74, 6) is -4.11. The van der Waals surface area contributed by atoms with Crippen molar-refractivity contribution < 1.29 is 34.5 Å². The maximum absolute atomic E-state index is 12.5. The number of aliphatic carboxylic acids is 1. The van der Waals surface area contributed by atoms with Gasteiger partial charge in [0.1, 0.15) is 12.1 Å². The molecule has 0 aromatic heterocycles. The average Bonchev–Trinajstić information content (AvgIpc) is 2.59. The first-order chi connectivity index (χ1) is 12.5. The quantitative estimate of drug-likeness (QED) is 0.198. The molecule has 0 aliphatic rings. The Kier molecular flexibility index (Phi) is 10.5. The molecule has 0 heterocycles. The summed E-state index contributed by atoms with van der Waals surface area (Å²) >= 11 is 0. The molecule has 8 N–H and O–H groups in total. The van der Waals surface area contributed by atoms with E-state index in [1.54, 1.807) is 13.8 Å². The summed E-state index contributed by atoms with van der Waals surface area (Å²) in [5.41, 5.74) is 5.18. The van der Waals surface area contributed by atoms with Crippen LogP contribution in [-0.2, 0) is 19.2 Å². The van der Waals surface area contributed by atoms with E-state index in [9.17, 15) is 29.4 Å². The number of carbonyl (C=O) groups is 4. The Balaban J connectivity index is 5.39. The van der Waals surface area contributed by atoms with Gasteiger partial charge in [-0.1, -0.05) is 20.3 Å². The molecule has 11 nitrogen and oxygen atoms in total. The van der Waals surface area contributed by atoms with Gasteiger partial charge in [-0.3, -0.25) is 14.4 Å². The summed E-state index contributed by atoms with van der Waals surface area (Å²) in [6, 6.07) is -4.03. The van der Waals surface area contributed by atoms with Crippen molar-refractivity contribution in [1.82, 2.24) is 16.0 Å². The number of carboxylic acids is 1. The summed E-state index contributed by atoms with van der Waals surface area (Å²) < 4.78 is 0. The van der Waals surface area contributed by atoms with E-state index in [-0.39, 0.29) is 6.54 Å². The standard InChI is InChI=1S/C16H30N4O7/c1-5-7(2)11(14(24)20-13(9(4)22)16(26)27)19-15(25)12(8(3)21)18-10(23)6-17/h7-9,11-13,21-22H,5-6,17H2,1-4H3,(H,18,23)(H,19,25)(H,20,24)(H,26,27). The second-order valence-corrected chi connectivity index (χ2v) is 6.43. The van der Waals surface area contributed by atoms with Crippen LogP contribution < -0.4 is 21.7 Å². The van der Waals surface area contributed by atoms with E-state index in [4.69, 9.17) is 10.8 Å². The molecule has 0 saturated heterocycles. The maximum Gasteiger partial charge on any atom is 0.328 e. The lowest BCUT2D eigenvalue weighted by atomic mass is 9.97. The van der Waals surface area contributed by atoms with Crippen LogP contribution in [0.1, 0.15) is 34.1 Å². The van der Waals surface area contributed by atoms with E-state index in [2.05, 4.69) is 16.0 Å². The van der Waals surface area contributed by atoms with Crippen LogP contribution in [0.5, 0.6) is 0 Å². The molecule has 156 valence electrons. The van der Waals surface area contributed by atoms with Gasteiger partial charge in [0.15, 0.2) is 6.04 Å². The van der Waals surface area contributed by atoms with E-state index in [0.717, 1.165) is 0 Å². The highest BCUT2D eigenvalue weighted by atomic mass is 16.4. The normalized spacial score (nSPS) is 17.6.